The minimum atomic E-state index is -0.253. The summed E-state index contributed by atoms with van der Waals surface area (Å²) in [5, 5.41) is 0. The van der Waals surface area contributed by atoms with Gasteiger partial charge in [-0.25, -0.2) is 0 Å². The minimum Gasteiger partial charge on any atom is -0.338 e. The summed E-state index contributed by atoms with van der Waals surface area (Å²) in [5.41, 5.74) is 2.55. The van der Waals surface area contributed by atoms with Crippen molar-refractivity contribution >= 4 is 5.91 Å². The van der Waals surface area contributed by atoms with Crippen LogP contribution in [0, 0.1) is 0 Å². The van der Waals surface area contributed by atoms with Crippen LogP contribution < -0.4 is 0 Å². The molecule has 0 spiro atoms. The first-order valence-electron chi connectivity index (χ1n) is 6.72. The number of halogens is 1. The van der Waals surface area contributed by atoms with Gasteiger partial charge in [0.1, 0.15) is 0 Å². The number of fused-ring (bicyclic) bond motifs is 1. The first-order chi connectivity index (χ1) is 8.81. The molecule has 0 saturated carbocycles. The Morgan fingerprint density at radius 2 is 1.83 bits per heavy atom. The number of unbranched alkanes of at least 4 members (excludes halogenated alkanes) is 2. The van der Waals surface area contributed by atoms with Crippen LogP contribution in [0.25, 0.3) is 0 Å². The van der Waals surface area contributed by atoms with E-state index in [-0.39, 0.29) is 12.6 Å². The molecule has 0 radical (unpaired) electrons. The van der Waals surface area contributed by atoms with Crippen molar-refractivity contribution in [1.82, 2.24) is 4.90 Å². The van der Waals surface area contributed by atoms with Crippen LogP contribution in [0.5, 0.6) is 0 Å². The van der Waals surface area contributed by atoms with Crippen LogP contribution in [-0.2, 0) is 17.8 Å². The maximum Gasteiger partial charge on any atom is 0.223 e. The van der Waals surface area contributed by atoms with Crippen molar-refractivity contribution in [2.24, 2.45) is 0 Å². The van der Waals surface area contributed by atoms with Gasteiger partial charge in [-0.1, -0.05) is 24.3 Å². The summed E-state index contributed by atoms with van der Waals surface area (Å²) in [4.78, 5) is 13.9. The highest BCUT2D eigenvalue weighted by atomic mass is 19.1. The van der Waals surface area contributed by atoms with E-state index in [1.807, 2.05) is 17.0 Å². The van der Waals surface area contributed by atoms with Gasteiger partial charge in [-0.3, -0.25) is 9.18 Å². The maximum atomic E-state index is 12.0. The van der Waals surface area contributed by atoms with E-state index in [1.54, 1.807) is 0 Å². The highest BCUT2D eigenvalue weighted by molar-refractivity contribution is 5.77. The van der Waals surface area contributed by atoms with Crippen LogP contribution in [0.15, 0.2) is 24.3 Å². The largest absolute Gasteiger partial charge is 0.338 e. The second kappa shape index (κ2) is 6.53. The van der Waals surface area contributed by atoms with E-state index < -0.39 is 0 Å². The summed E-state index contributed by atoms with van der Waals surface area (Å²) < 4.78 is 12.0. The lowest BCUT2D eigenvalue weighted by molar-refractivity contribution is -0.131. The van der Waals surface area contributed by atoms with E-state index in [1.165, 1.54) is 11.1 Å². The number of aryl methyl sites for hydroxylation is 1. The molecule has 1 heterocycles. The number of benzene rings is 1. The number of nitrogens with zero attached hydrogens (tertiary/aromatic N) is 1. The van der Waals surface area contributed by atoms with Crippen LogP contribution >= 0.6 is 0 Å². The van der Waals surface area contributed by atoms with Crippen LogP contribution in [0.1, 0.15) is 36.8 Å². The first-order valence-corrected chi connectivity index (χ1v) is 6.72. The van der Waals surface area contributed by atoms with E-state index in [0.717, 1.165) is 25.8 Å². The lowest BCUT2D eigenvalue weighted by Crippen LogP contribution is -2.30. The van der Waals surface area contributed by atoms with Gasteiger partial charge in [0, 0.05) is 19.5 Å². The lowest BCUT2D eigenvalue weighted by Gasteiger charge is -2.21. The minimum absolute atomic E-state index is 0.228. The van der Waals surface area contributed by atoms with Gasteiger partial charge in [0.25, 0.3) is 0 Å². The van der Waals surface area contributed by atoms with Gasteiger partial charge in [-0.15, -0.1) is 0 Å². The SMILES string of the molecule is O=C1CCc2ccccc2CN1CCCCCF. The van der Waals surface area contributed by atoms with Gasteiger partial charge in [0.15, 0.2) is 0 Å². The molecule has 3 heteroatoms. The molecule has 0 atom stereocenters. The highest BCUT2D eigenvalue weighted by Gasteiger charge is 2.19. The number of carbonyl (C=O) groups is 1. The summed E-state index contributed by atoms with van der Waals surface area (Å²) >= 11 is 0. The van der Waals surface area contributed by atoms with Crippen molar-refractivity contribution < 1.29 is 9.18 Å². The molecule has 1 aromatic carbocycles. The molecule has 1 amide bonds. The molecular weight excluding hydrogens is 229 g/mol. The fourth-order valence-electron chi connectivity index (χ4n) is 2.43. The fourth-order valence-corrected chi connectivity index (χ4v) is 2.43. The predicted octanol–water partition coefficient (Wildman–Crippen LogP) is 3.10. The molecule has 18 heavy (non-hydrogen) atoms. The summed E-state index contributed by atoms with van der Waals surface area (Å²) in [5.74, 6) is 0.228. The number of hydrogen-bond acceptors (Lipinski definition) is 1. The number of alkyl halides is 1. The summed E-state index contributed by atoms with van der Waals surface area (Å²) in [6, 6.07) is 8.26. The van der Waals surface area contributed by atoms with E-state index in [4.69, 9.17) is 0 Å². The normalized spacial score (nSPS) is 15.4. The average Bonchev–Trinajstić information content (AvgIpc) is 2.55. The zero-order chi connectivity index (χ0) is 12.8. The third-order valence-electron chi connectivity index (χ3n) is 3.50. The molecule has 2 nitrogen and oxygen atoms in total. The zero-order valence-electron chi connectivity index (χ0n) is 10.7. The topological polar surface area (TPSA) is 20.3 Å². The third kappa shape index (κ3) is 3.31. The molecular formula is C15H20FNO. The standard InChI is InChI=1S/C15H20FNO/c16-10-4-1-5-11-17-12-14-7-3-2-6-13(14)8-9-15(17)18/h2-3,6-7H,1,4-5,8-12H2. The van der Waals surface area contributed by atoms with E-state index in [2.05, 4.69) is 12.1 Å². The smallest absolute Gasteiger partial charge is 0.223 e. The molecule has 0 unspecified atom stereocenters. The van der Waals surface area contributed by atoms with E-state index >= 15 is 0 Å². The fraction of sp³-hybridized carbons (Fsp3) is 0.533. The molecule has 1 aliphatic heterocycles. The second-order valence-electron chi connectivity index (χ2n) is 4.83. The summed E-state index contributed by atoms with van der Waals surface area (Å²) in [7, 11) is 0. The molecule has 98 valence electrons. The monoisotopic (exact) mass is 249 g/mol. The van der Waals surface area contributed by atoms with Gasteiger partial charge in [-0.05, 0) is 36.8 Å². The Balaban J connectivity index is 1.96. The van der Waals surface area contributed by atoms with E-state index in [0.29, 0.717) is 19.4 Å². The first kappa shape index (κ1) is 13.1. The van der Waals surface area contributed by atoms with Gasteiger partial charge >= 0.3 is 0 Å². The Labute approximate surface area is 108 Å². The number of rotatable bonds is 5. The highest BCUT2D eigenvalue weighted by Crippen LogP contribution is 2.19. The molecule has 0 fully saturated rings. The van der Waals surface area contributed by atoms with Gasteiger partial charge in [-0.2, -0.15) is 0 Å². The molecule has 0 bridgehead atoms. The molecule has 0 N–H and O–H groups in total. The van der Waals surface area contributed by atoms with Crippen molar-refractivity contribution in [1.29, 1.82) is 0 Å². The Morgan fingerprint density at radius 3 is 2.61 bits per heavy atom. The molecule has 0 saturated heterocycles. The Kier molecular flexibility index (Phi) is 4.73. The van der Waals surface area contributed by atoms with Gasteiger partial charge < -0.3 is 4.90 Å². The number of hydrogen-bond donors (Lipinski definition) is 0. The molecule has 2 rings (SSSR count). The van der Waals surface area contributed by atoms with Crippen LogP contribution in [0.4, 0.5) is 4.39 Å². The van der Waals surface area contributed by atoms with Crippen molar-refractivity contribution in [3.63, 3.8) is 0 Å². The number of carbonyl (C=O) groups excluding carboxylic acids is 1. The van der Waals surface area contributed by atoms with E-state index in [9.17, 15) is 9.18 Å². The van der Waals surface area contributed by atoms with Crippen LogP contribution in [0.3, 0.4) is 0 Å². The Hall–Kier alpha value is -1.38. The van der Waals surface area contributed by atoms with Crippen molar-refractivity contribution in [3.05, 3.63) is 35.4 Å². The van der Waals surface area contributed by atoms with Crippen molar-refractivity contribution in [3.8, 4) is 0 Å². The maximum absolute atomic E-state index is 12.0. The Morgan fingerprint density at radius 1 is 1.06 bits per heavy atom. The zero-order valence-corrected chi connectivity index (χ0v) is 10.7. The molecule has 0 aliphatic carbocycles. The summed E-state index contributed by atoms with van der Waals surface area (Å²) in [6.07, 6.45) is 3.81. The third-order valence-corrected chi connectivity index (χ3v) is 3.50. The predicted molar refractivity (Wildman–Crippen MR) is 70.0 cm³/mol. The van der Waals surface area contributed by atoms with Crippen LogP contribution in [0.2, 0.25) is 0 Å². The average molecular weight is 249 g/mol. The van der Waals surface area contributed by atoms with Gasteiger partial charge in [0.05, 0.1) is 6.67 Å². The lowest BCUT2D eigenvalue weighted by atomic mass is 10.0. The second-order valence-corrected chi connectivity index (χ2v) is 4.83. The quantitative estimate of drug-likeness (QED) is 0.734. The molecule has 1 aliphatic rings. The Bertz CT molecular complexity index is 405. The van der Waals surface area contributed by atoms with Crippen molar-refractivity contribution in [2.45, 2.75) is 38.6 Å². The molecule has 1 aromatic rings. The van der Waals surface area contributed by atoms with Gasteiger partial charge in [0.2, 0.25) is 5.91 Å². The molecule has 0 aromatic heterocycles. The van der Waals surface area contributed by atoms with Crippen molar-refractivity contribution in [2.75, 3.05) is 13.2 Å². The van der Waals surface area contributed by atoms with Crippen LogP contribution in [-0.4, -0.2) is 24.0 Å². The summed E-state index contributed by atoms with van der Waals surface area (Å²) in [6.45, 7) is 1.22. The number of amides is 1.